The van der Waals surface area contributed by atoms with Crippen LogP contribution in [0.4, 0.5) is 0 Å². The third kappa shape index (κ3) is 2.70. The van der Waals surface area contributed by atoms with Gasteiger partial charge in [0.05, 0.1) is 0 Å². The summed E-state index contributed by atoms with van der Waals surface area (Å²) in [6, 6.07) is 7.89. The molecule has 0 bridgehead atoms. The highest BCUT2D eigenvalue weighted by molar-refractivity contribution is 5.72. The van der Waals surface area contributed by atoms with Crippen molar-refractivity contribution >= 4 is 6.21 Å². The lowest BCUT2D eigenvalue weighted by atomic mass is 10.2. The molecule has 0 spiro atoms. The van der Waals surface area contributed by atoms with Crippen molar-refractivity contribution in [2.24, 2.45) is 4.99 Å². The molecule has 2 rings (SSSR count). The highest BCUT2D eigenvalue weighted by atomic mass is 16.5. The fourth-order valence-electron chi connectivity index (χ4n) is 1.17. The molecule has 0 fully saturated rings. The molecule has 1 aromatic carbocycles. The van der Waals surface area contributed by atoms with Crippen LogP contribution < -0.4 is 4.74 Å². The molecule has 15 heavy (non-hydrogen) atoms. The molecule has 0 unspecified atom stereocenters. The molecule has 0 saturated carbocycles. The number of rotatable bonds is 2. The average Bonchev–Trinajstić information content (AvgIpc) is 2.50. The van der Waals surface area contributed by atoms with Gasteiger partial charge in [0.15, 0.2) is 5.76 Å². The summed E-state index contributed by atoms with van der Waals surface area (Å²) < 4.78 is 5.60. The number of hydrogen-bond donors (Lipinski definition) is 0. The molecular weight excluding hydrogens is 186 g/mol. The number of benzene rings is 1. The van der Waals surface area contributed by atoms with E-state index in [9.17, 15) is 0 Å². The second-order valence-corrected chi connectivity index (χ2v) is 3.20. The molecule has 74 valence electrons. The maximum absolute atomic E-state index is 5.60. The standard InChI is InChI=1S/C13H11NO/c1-11-4-6-13(7-5-11)15-12-3-2-9-14-10-8-12/h2,4-10H,1H3. The molecule has 1 aromatic rings. The van der Waals surface area contributed by atoms with Gasteiger partial charge in [-0.15, -0.1) is 0 Å². The Bertz CT molecular complexity index is 460. The zero-order valence-electron chi connectivity index (χ0n) is 8.47. The lowest BCUT2D eigenvalue weighted by molar-refractivity contribution is 0.445. The molecule has 0 atom stereocenters. The normalized spacial score (nSPS) is 13.5. The van der Waals surface area contributed by atoms with Crippen molar-refractivity contribution in [3.8, 4) is 5.75 Å². The molecule has 0 aliphatic carbocycles. The minimum atomic E-state index is 0.663. The van der Waals surface area contributed by atoms with E-state index < -0.39 is 0 Å². The van der Waals surface area contributed by atoms with Crippen molar-refractivity contribution < 1.29 is 4.74 Å². The van der Waals surface area contributed by atoms with Crippen molar-refractivity contribution in [1.82, 2.24) is 0 Å². The quantitative estimate of drug-likeness (QED) is 0.668. The van der Waals surface area contributed by atoms with Crippen LogP contribution in [0, 0.1) is 6.92 Å². The van der Waals surface area contributed by atoms with E-state index in [1.54, 1.807) is 24.6 Å². The van der Waals surface area contributed by atoms with Crippen LogP contribution in [0.15, 0.2) is 59.1 Å². The highest BCUT2D eigenvalue weighted by Crippen LogP contribution is 2.15. The number of nitrogens with zero attached hydrogens (tertiary/aromatic N) is 1. The zero-order valence-corrected chi connectivity index (χ0v) is 8.47. The van der Waals surface area contributed by atoms with Crippen molar-refractivity contribution in [3.05, 3.63) is 59.7 Å². The molecule has 0 saturated heterocycles. The van der Waals surface area contributed by atoms with Gasteiger partial charge in [-0.05, 0) is 19.1 Å². The number of aryl methyl sites for hydroxylation is 1. The highest BCUT2D eigenvalue weighted by Gasteiger charge is 1.96. The first-order valence-electron chi connectivity index (χ1n) is 4.74. The van der Waals surface area contributed by atoms with Crippen LogP contribution in [0.1, 0.15) is 5.56 Å². The van der Waals surface area contributed by atoms with Gasteiger partial charge in [0.25, 0.3) is 0 Å². The third-order valence-corrected chi connectivity index (χ3v) is 1.95. The summed E-state index contributed by atoms with van der Waals surface area (Å²) in [5.41, 5.74) is 4.19. The Kier molecular flexibility index (Phi) is 2.82. The Morgan fingerprint density at radius 1 is 1.20 bits per heavy atom. The lowest BCUT2D eigenvalue weighted by Gasteiger charge is -2.03. The van der Waals surface area contributed by atoms with Crippen LogP contribution in [0.3, 0.4) is 0 Å². The van der Waals surface area contributed by atoms with Gasteiger partial charge in [0.2, 0.25) is 0 Å². The Balaban J connectivity index is 2.16. The topological polar surface area (TPSA) is 21.6 Å². The molecule has 0 aromatic heterocycles. The summed E-state index contributed by atoms with van der Waals surface area (Å²) in [6.07, 6.45) is 6.85. The molecule has 2 heteroatoms. The van der Waals surface area contributed by atoms with Crippen LogP contribution >= 0.6 is 0 Å². The van der Waals surface area contributed by atoms with Gasteiger partial charge < -0.3 is 4.74 Å². The summed E-state index contributed by atoms with van der Waals surface area (Å²) in [5, 5.41) is 0. The summed E-state index contributed by atoms with van der Waals surface area (Å²) in [4.78, 5) is 3.95. The third-order valence-electron chi connectivity index (χ3n) is 1.95. The first-order chi connectivity index (χ1) is 7.34. The van der Waals surface area contributed by atoms with Gasteiger partial charge in [-0.3, -0.25) is 4.99 Å². The first-order valence-corrected chi connectivity index (χ1v) is 4.74. The molecule has 1 aliphatic rings. The summed E-state index contributed by atoms with van der Waals surface area (Å²) >= 11 is 0. The van der Waals surface area contributed by atoms with Crippen LogP contribution in [-0.2, 0) is 0 Å². The largest absolute Gasteiger partial charge is 0.449 e. The van der Waals surface area contributed by atoms with Gasteiger partial charge in [-0.2, -0.15) is 0 Å². The average molecular weight is 197 g/mol. The summed E-state index contributed by atoms with van der Waals surface area (Å²) in [5.74, 6) is 1.47. The van der Waals surface area contributed by atoms with Gasteiger partial charge in [0.1, 0.15) is 5.75 Å². The summed E-state index contributed by atoms with van der Waals surface area (Å²) in [6.45, 7) is 2.04. The van der Waals surface area contributed by atoms with Crippen molar-refractivity contribution in [3.63, 3.8) is 0 Å². The zero-order chi connectivity index (χ0) is 10.5. The predicted molar refractivity (Wildman–Crippen MR) is 61.0 cm³/mol. The Labute approximate surface area is 88.9 Å². The molecule has 1 aliphatic heterocycles. The van der Waals surface area contributed by atoms with E-state index >= 15 is 0 Å². The maximum atomic E-state index is 5.60. The van der Waals surface area contributed by atoms with E-state index in [-0.39, 0.29) is 0 Å². The van der Waals surface area contributed by atoms with Crippen LogP contribution in [0.25, 0.3) is 0 Å². The SMILES string of the molecule is Cc1ccc(OC2=C=CC=NC=C2)cc1. The van der Waals surface area contributed by atoms with E-state index in [0.717, 1.165) is 5.75 Å². The van der Waals surface area contributed by atoms with Crippen LogP contribution in [0.5, 0.6) is 5.75 Å². The van der Waals surface area contributed by atoms with Gasteiger partial charge in [0, 0.05) is 24.6 Å². The monoisotopic (exact) mass is 197 g/mol. The number of ether oxygens (including phenoxy) is 1. The van der Waals surface area contributed by atoms with E-state index in [0.29, 0.717) is 5.76 Å². The fourth-order valence-corrected chi connectivity index (χ4v) is 1.17. The second kappa shape index (κ2) is 4.45. The van der Waals surface area contributed by atoms with Gasteiger partial charge in [-0.1, -0.05) is 23.4 Å². The van der Waals surface area contributed by atoms with E-state index in [2.05, 4.69) is 10.7 Å². The molecular formula is C13H11NO. The Hall–Kier alpha value is -2.05. The first kappa shape index (κ1) is 9.50. The van der Waals surface area contributed by atoms with Crippen LogP contribution in [0.2, 0.25) is 0 Å². The van der Waals surface area contributed by atoms with Crippen molar-refractivity contribution in [2.75, 3.05) is 0 Å². The molecule has 0 amide bonds. The number of hydrogen-bond acceptors (Lipinski definition) is 2. The van der Waals surface area contributed by atoms with Crippen molar-refractivity contribution in [2.45, 2.75) is 6.92 Å². The fraction of sp³-hybridized carbons (Fsp3) is 0.0769. The lowest BCUT2D eigenvalue weighted by Crippen LogP contribution is -1.90. The van der Waals surface area contributed by atoms with E-state index in [1.807, 2.05) is 31.2 Å². The van der Waals surface area contributed by atoms with Gasteiger partial charge >= 0.3 is 0 Å². The predicted octanol–water partition coefficient (Wildman–Crippen LogP) is 3.01. The summed E-state index contributed by atoms with van der Waals surface area (Å²) in [7, 11) is 0. The van der Waals surface area contributed by atoms with Crippen molar-refractivity contribution in [1.29, 1.82) is 0 Å². The Morgan fingerprint density at radius 2 is 2.00 bits per heavy atom. The smallest absolute Gasteiger partial charge is 0.171 e. The van der Waals surface area contributed by atoms with E-state index in [4.69, 9.17) is 4.74 Å². The van der Waals surface area contributed by atoms with E-state index in [1.165, 1.54) is 5.56 Å². The number of aliphatic imine (C=N–C) groups is 1. The minimum Gasteiger partial charge on any atom is -0.449 e. The second-order valence-electron chi connectivity index (χ2n) is 3.20. The minimum absolute atomic E-state index is 0.663. The molecule has 1 heterocycles. The van der Waals surface area contributed by atoms with Crippen LogP contribution in [-0.4, -0.2) is 6.21 Å². The molecule has 0 N–H and O–H groups in total. The number of allylic oxidation sites excluding steroid dienone is 1. The molecule has 2 nitrogen and oxygen atoms in total. The Morgan fingerprint density at radius 3 is 2.80 bits per heavy atom. The maximum Gasteiger partial charge on any atom is 0.171 e. The molecule has 0 radical (unpaired) electrons. The van der Waals surface area contributed by atoms with Gasteiger partial charge in [-0.25, -0.2) is 0 Å².